The summed E-state index contributed by atoms with van der Waals surface area (Å²) in [6, 6.07) is 9.90. The molecule has 1 aromatic rings. The molecule has 104 valence electrons. The summed E-state index contributed by atoms with van der Waals surface area (Å²) in [5.41, 5.74) is 0.724. The number of benzene rings is 1. The van der Waals surface area contributed by atoms with Crippen LogP contribution in [0.5, 0.6) is 5.75 Å². The molecule has 2 bridgehead atoms. The highest BCUT2D eigenvalue weighted by molar-refractivity contribution is 5.20. The van der Waals surface area contributed by atoms with Crippen LogP contribution in [-0.2, 0) is 4.74 Å². The smallest absolute Gasteiger partial charge is 0.189 e. The average Bonchev–Trinajstić information content (AvgIpc) is 2.73. The third-order valence-corrected chi connectivity index (χ3v) is 5.95. The minimum absolute atomic E-state index is 0.317. The highest BCUT2D eigenvalue weighted by Gasteiger charge is 2.61. The van der Waals surface area contributed by atoms with Crippen LogP contribution in [0.15, 0.2) is 30.3 Å². The first-order valence-electron chi connectivity index (χ1n) is 7.33. The molecule has 3 unspecified atom stereocenters. The second-order valence-corrected chi connectivity index (χ2v) is 6.84. The van der Waals surface area contributed by atoms with Crippen molar-refractivity contribution in [3.63, 3.8) is 0 Å². The van der Waals surface area contributed by atoms with Crippen molar-refractivity contribution in [2.75, 3.05) is 6.79 Å². The lowest BCUT2D eigenvalue weighted by Gasteiger charge is -2.38. The Morgan fingerprint density at radius 2 is 1.89 bits per heavy atom. The maximum Gasteiger partial charge on any atom is 0.189 e. The molecule has 0 radical (unpaired) electrons. The summed E-state index contributed by atoms with van der Waals surface area (Å²) in [5.74, 6) is 1.70. The Balaban J connectivity index is 1.58. The Morgan fingerprint density at radius 3 is 2.47 bits per heavy atom. The Kier molecular flexibility index (Phi) is 3.09. The van der Waals surface area contributed by atoms with Gasteiger partial charge in [0, 0.05) is 0 Å². The molecule has 0 aliphatic heterocycles. The predicted molar refractivity (Wildman–Crippen MR) is 76.0 cm³/mol. The molecule has 2 aliphatic rings. The molecule has 0 N–H and O–H groups in total. The zero-order valence-corrected chi connectivity index (χ0v) is 12.2. The number of hydrogen-bond donors (Lipinski definition) is 0. The molecule has 2 heteroatoms. The highest BCUT2D eigenvalue weighted by Crippen LogP contribution is 2.66. The molecule has 2 aliphatic carbocycles. The van der Waals surface area contributed by atoms with Crippen LogP contribution < -0.4 is 4.74 Å². The summed E-state index contributed by atoms with van der Waals surface area (Å²) >= 11 is 0. The van der Waals surface area contributed by atoms with Crippen molar-refractivity contribution < 1.29 is 9.47 Å². The number of rotatable bonds is 4. The number of hydrogen-bond acceptors (Lipinski definition) is 2. The fourth-order valence-corrected chi connectivity index (χ4v) is 4.08. The van der Waals surface area contributed by atoms with Gasteiger partial charge in [0.15, 0.2) is 6.79 Å². The molecule has 0 amide bonds. The van der Waals surface area contributed by atoms with Gasteiger partial charge >= 0.3 is 0 Å². The van der Waals surface area contributed by atoms with E-state index in [1.807, 2.05) is 30.3 Å². The van der Waals surface area contributed by atoms with Gasteiger partial charge < -0.3 is 9.47 Å². The highest BCUT2D eigenvalue weighted by atomic mass is 16.7. The molecule has 0 aromatic heterocycles. The summed E-state index contributed by atoms with van der Waals surface area (Å²) in [4.78, 5) is 0. The third kappa shape index (κ3) is 1.97. The fraction of sp³-hybridized carbons (Fsp3) is 0.647. The molecular weight excluding hydrogens is 236 g/mol. The first-order chi connectivity index (χ1) is 9.04. The number of ether oxygens (including phenoxy) is 2. The first-order valence-corrected chi connectivity index (χ1v) is 7.33. The normalized spacial score (nSPS) is 35.5. The van der Waals surface area contributed by atoms with Crippen LogP contribution in [0, 0.1) is 16.7 Å². The third-order valence-electron chi connectivity index (χ3n) is 5.95. The monoisotopic (exact) mass is 260 g/mol. The summed E-state index contributed by atoms with van der Waals surface area (Å²) in [6.45, 7) is 7.58. The van der Waals surface area contributed by atoms with Gasteiger partial charge in [-0.25, -0.2) is 0 Å². The lowest BCUT2D eigenvalue weighted by Crippen LogP contribution is -2.37. The van der Waals surface area contributed by atoms with Crippen LogP contribution in [0.4, 0.5) is 0 Å². The van der Waals surface area contributed by atoms with Crippen LogP contribution in [0.1, 0.15) is 40.0 Å². The van der Waals surface area contributed by atoms with Crippen molar-refractivity contribution in [2.24, 2.45) is 16.7 Å². The van der Waals surface area contributed by atoms with Crippen LogP contribution in [0.25, 0.3) is 0 Å². The molecule has 0 heterocycles. The van der Waals surface area contributed by atoms with Gasteiger partial charge in [-0.15, -0.1) is 0 Å². The summed E-state index contributed by atoms with van der Waals surface area (Å²) in [6.07, 6.45) is 4.20. The Hall–Kier alpha value is -1.02. The quantitative estimate of drug-likeness (QED) is 0.753. The van der Waals surface area contributed by atoms with Crippen molar-refractivity contribution >= 4 is 0 Å². The summed E-state index contributed by atoms with van der Waals surface area (Å²) in [5, 5.41) is 0. The fourth-order valence-electron chi connectivity index (χ4n) is 4.08. The molecule has 19 heavy (non-hydrogen) atoms. The SMILES string of the molecule is CC1(C)C2CCC1(C)C(OCOc1ccccc1)C2. The predicted octanol–water partition coefficient (Wildman–Crippen LogP) is 4.25. The zero-order valence-electron chi connectivity index (χ0n) is 12.2. The molecule has 2 fully saturated rings. The van der Waals surface area contributed by atoms with Gasteiger partial charge in [-0.05, 0) is 48.1 Å². The number of fused-ring (bicyclic) bond motifs is 2. The van der Waals surface area contributed by atoms with E-state index in [2.05, 4.69) is 20.8 Å². The van der Waals surface area contributed by atoms with Crippen LogP contribution >= 0.6 is 0 Å². The van der Waals surface area contributed by atoms with Crippen LogP contribution in [0.3, 0.4) is 0 Å². The molecule has 1 aromatic carbocycles. The molecular formula is C17H24O2. The van der Waals surface area contributed by atoms with Gasteiger partial charge in [-0.1, -0.05) is 39.0 Å². The lowest BCUT2D eigenvalue weighted by molar-refractivity contribution is -0.0970. The van der Waals surface area contributed by atoms with Crippen LogP contribution in [-0.4, -0.2) is 12.9 Å². The largest absolute Gasteiger partial charge is 0.468 e. The minimum atomic E-state index is 0.317. The molecule has 3 rings (SSSR count). The Bertz CT molecular complexity index is 440. The van der Waals surface area contributed by atoms with Crippen molar-refractivity contribution in [1.82, 2.24) is 0 Å². The van der Waals surface area contributed by atoms with E-state index in [-0.39, 0.29) is 0 Å². The second kappa shape index (κ2) is 4.52. The van der Waals surface area contributed by atoms with Gasteiger partial charge in [-0.2, -0.15) is 0 Å². The molecule has 0 saturated heterocycles. The average molecular weight is 260 g/mol. The maximum atomic E-state index is 6.06. The van der Waals surface area contributed by atoms with Gasteiger partial charge in [0.1, 0.15) is 5.75 Å². The van der Waals surface area contributed by atoms with E-state index in [9.17, 15) is 0 Å². The van der Waals surface area contributed by atoms with Crippen molar-refractivity contribution in [2.45, 2.75) is 46.1 Å². The lowest BCUT2D eigenvalue weighted by atomic mass is 9.70. The van der Waals surface area contributed by atoms with E-state index >= 15 is 0 Å². The molecule has 2 saturated carbocycles. The first kappa shape index (κ1) is 13.0. The van der Waals surface area contributed by atoms with E-state index < -0.39 is 0 Å². The molecule has 0 spiro atoms. The standard InChI is InChI=1S/C17H24O2/c1-16(2)13-9-10-17(16,3)15(11-13)19-12-18-14-7-5-4-6-8-14/h4-8,13,15H,9-12H2,1-3H3. The minimum Gasteiger partial charge on any atom is -0.468 e. The van der Waals surface area contributed by atoms with Crippen molar-refractivity contribution in [1.29, 1.82) is 0 Å². The van der Waals surface area contributed by atoms with E-state index in [0.29, 0.717) is 23.7 Å². The summed E-state index contributed by atoms with van der Waals surface area (Å²) < 4.78 is 11.7. The topological polar surface area (TPSA) is 18.5 Å². The van der Waals surface area contributed by atoms with Gasteiger partial charge in [0.05, 0.1) is 6.10 Å². The van der Waals surface area contributed by atoms with Crippen LogP contribution in [0.2, 0.25) is 0 Å². The van der Waals surface area contributed by atoms with E-state index in [4.69, 9.17) is 9.47 Å². The maximum absolute atomic E-state index is 6.06. The zero-order chi connectivity index (χ0) is 13.5. The van der Waals surface area contributed by atoms with Gasteiger partial charge in [0.2, 0.25) is 0 Å². The van der Waals surface area contributed by atoms with Gasteiger partial charge in [-0.3, -0.25) is 0 Å². The molecule has 3 atom stereocenters. The summed E-state index contributed by atoms with van der Waals surface area (Å²) in [7, 11) is 0. The van der Waals surface area contributed by atoms with Crippen molar-refractivity contribution in [3.05, 3.63) is 30.3 Å². The van der Waals surface area contributed by atoms with E-state index in [0.717, 1.165) is 11.7 Å². The Morgan fingerprint density at radius 1 is 1.16 bits per heavy atom. The van der Waals surface area contributed by atoms with E-state index in [1.165, 1.54) is 19.3 Å². The molecule has 2 nitrogen and oxygen atoms in total. The van der Waals surface area contributed by atoms with Gasteiger partial charge in [0.25, 0.3) is 0 Å². The van der Waals surface area contributed by atoms with E-state index in [1.54, 1.807) is 0 Å². The second-order valence-electron chi connectivity index (χ2n) is 6.84. The Labute approximate surface area is 116 Å². The van der Waals surface area contributed by atoms with Crippen molar-refractivity contribution in [3.8, 4) is 5.75 Å². The number of para-hydroxylation sites is 1.